The molecular weight excluding hydrogens is 394 g/mol. The van der Waals surface area contributed by atoms with Gasteiger partial charge in [-0.2, -0.15) is 0 Å². The Labute approximate surface area is 154 Å². The summed E-state index contributed by atoms with van der Waals surface area (Å²) >= 11 is 5.19. The summed E-state index contributed by atoms with van der Waals surface area (Å²) in [5, 5.41) is 15.6. The Bertz CT molecular complexity index is 653. The number of thioether (sulfide) groups is 1. The molecule has 1 aromatic heterocycles. The molecule has 0 bridgehead atoms. The van der Waals surface area contributed by atoms with E-state index in [1.807, 2.05) is 27.0 Å². The highest BCUT2D eigenvalue weighted by Gasteiger charge is 2.11. The maximum atomic E-state index is 5.69. The number of halogens is 1. The van der Waals surface area contributed by atoms with Gasteiger partial charge in [0.25, 0.3) is 0 Å². The zero-order valence-corrected chi connectivity index (χ0v) is 16.5. The number of rotatable bonds is 10. The summed E-state index contributed by atoms with van der Waals surface area (Å²) in [7, 11) is 1.84. The van der Waals surface area contributed by atoms with Crippen molar-refractivity contribution in [2.75, 3.05) is 25.5 Å². The lowest BCUT2D eigenvalue weighted by Crippen LogP contribution is -2.17. The first-order valence-corrected chi connectivity index (χ1v) is 9.57. The van der Waals surface area contributed by atoms with E-state index in [-0.39, 0.29) is 0 Å². The summed E-state index contributed by atoms with van der Waals surface area (Å²) in [6, 6.07) is 4.08. The molecule has 0 aliphatic rings. The van der Waals surface area contributed by atoms with Gasteiger partial charge in [0.1, 0.15) is 0 Å². The molecule has 0 saturated carbocycles. The quantitative estimate of drug-likeness (QED) is 0.472. The van der Waals surface area contributed by atoms with Crippen molar-refractivity contribution in [3.63, 3.8) is 0 Å². The molecule has 2 aromatic rings. The van der Waals surface area contributed by atoms with E-state index >= 15 is 0 Å². The smallest absolute Gasteiger partial charge is 0.209 e. The predicted molar refractivity (Wildman–Crippen MR) is 97.7 cm³/mol. The molecule has 0 unspecified atom stereocenters. The second-order valence-corrected chi connectivity index (χ2v) is 6.80. The van der Waals surface area contributed by atoms with E-state index in [4.69, 9.17) is 9.47 Å². The molecule has 7 nitrogen and oxygen atoms in total. The average molecular weight is 416 g/mol. The number of aryl methyl sites for hydroxylation is 1. The van der Waals surface area contributed by atoms with E-state index in [0.29, 0.717) is 13.2 Å². The minimum Gasteiger partial charge on any atom is -0.490 e. The Morgan fingerprint density at radius 3 is 2.71 bits per heavy atom. The first kappa shape index (κ1) is 19.0. The van der Waals surface area contributed by atoms with E-state index in [1.54, 1.807) is 16.4 Å². The van der Waals surface area contributed by atoms with E-state index < -0.39 is 0 Å². The Morgan fingerprint density at radius 2 is 2.04 bits per heavy atom. The number of hydrogen-bond donors (Lipinski definition) is 1. The maximum Gasteiger partial charge on any atom is 0.209 e. The number of aromatic nitrogens is 4. The highest BCUT2D eigenvalue weighted by atomic mass is 79.9. The number of tetrazole rings is 1. The van der Waals surface area contributed by atoms with Crippen LogP contribution in [0.4, 0.5) is 0 Å². The number of ether oxygens (including phenoxy) is 2. The van der Waals surface area contributed by atoms with Gasteiger partial charge in [0.2, 0.25) is 5.16 Å². The zero-order chi connectivity index (χ0) is 17.4. The number of nitrogens with one attached hydrogen (secondary N) is 1. The van der Waals surface area contributed by atoms with Gasteiger partial charge in [-0.1, -0.05) is 11.8 Å². The van der Waals surface area contributed by atoms with Gasteiger partial charge in [0.15, 0.2) is 11.5 Å². The summed E-state index contributed by atoms with van der Waals surface area (Å²) in [6.07, 6.45) is 0. The molecule has 0 radical (unpaired) electrons. The largest absolute Gasteiger partial charge is 0.490 e. The van der Waals surface area contributed by atoms with Crippen molar-refractivity contribution in [2.45, 2.75) is 25.5 Å². The van der Waals surface area contributed by atoms with Crippen molar-refractivity contribution < 1.29 is 9.47 Å². The molecule has 0 saturated heterocycles. The summed E-state index contributed by atoms with van der Waals surface area (Å²) in [5.41, 5.74) is 1.14. The van der Waals surface area contributed by atoms with E-state index in [0.717, 1.165) is 45.5 Å². The maximum absolute atomic E-state index is 5.69. The first-order chi connectivity index (χ1) is 11.7. The molecule has 0 atom stereocenters. The zero-order valence-electron chi connectivity index (χ0n) is 14.1. The second-order valence-electron chi connectivity index (χ2n) is 4.88. The van der Waals surface area contributed by atoms with Crippen LogP contribution < -0.4 is 14.8 Å². The fourth-order valence-electron chi connectivity index (χ4n) is 2.06. The Balaban J connectivity index is 1.86. The van der Waals surface area contributed by atoms with Crippen LogP contribution in [0, 0.1) is 0 Å². The lowest BCUT2D eigenvalue weighted by atomic mass is 10.2. The van der Waals surface area contributed by atoms with Crippen molar-refractivity contribution in [3.05, 3.63) is 22.2 Å². The van der Waals surface area contributed by atoms with Crippen molar-refractivity contribution in [1.29, 1.82) is 0 Å². The van der Waals surface area contributed by atoms with Gasteiger partial charge in [-0.15, -0.1) is 5.10 Å². The number of benzene rings is 1. The minimum atomic E-state index is 0.602. The third kappa shape index (κ3) is 5.35. The van der Waals surface area contributed by atoms with Gasteiger partial charge in [-0.3, -0.25) is 0 Å². The molecule has 0 aliphatic heterocycles. The van der Waals surface area contributed by atoms with E-state index in [9.17, 15) is 0 Å². The normalized spacial score (nSPS) is 10.8. The van der Waals surface area contributed by atoms with Crippen LogP contribution in [-0.4, -0.2) is 45.7 Å². The molecule has 0 aliphatic carbocycles. The monoisotopic (exact) mass is 415 g/mol. The standard InChI is InChI=1S/C15H22BrN5O2S/c1-4-22-13-9-11(8-12(16)14(13)23-5-2)10-17-6-7-24-15-18-19-20-21(15)3/h8-9,17H,4-7,10H2,1-3H3. The first-order valence-electron chi connectivity index (χ1n) is 7.79. The molecule has 1 N–H and O–H groups in total. The molecule has 0 spiro atoms. The Hall–Kier alpha value is -1.32. The minimum absolute atomic E-state index is 0.602. The molecule has 2 rings (SSSR count). The van der Waals surface area contributed by atoms with Crippen LogP contribution >= 0.6 is 27.7 Å². The Morgan fingerprint density at radius 1 is 1.25 bits per heavy atom. The molecule has 0 amide bonds. The summed E-state index contributed by atoms with van der Waals surface area (Å²) in [5.74, 6) is 2.42. The number of nitrogens with zero attached hydrogens (tertiary/aromatic N) is 4. The Kier molecular flexibility index (Phi) is 7.80. The molecule has 132 valence electrons. The number of hydrogen-bond acceptors (Lipinski definition) is 7. The lowest BCUT2D eigenvalue weighted by Gasteiger charge is -2.15. The van der Waals surface area contributed by atoms with Gasteiger partial charge in [0, 0.05) is 25.9 Å². The van der Waals surface area contributed by atoms with Crippen LogP contribution in [0.15, 0.2) is 21.8 Å². The van der Waals surface area contributed by atoms with Gasteiger partial charge in [-0.25, -0.2) is 4.68 Å². The molecule has 0 fully saturated rings. The second kappa shape index (κ2) is 9.85. The van der Waals surface area contributed by atoms with Crippen LogP contribution in [-0.2, 0) is 13.6 Å². The third-order valence-electron chi connectivity index (χ3n) is 3.08. The highest BCUT2D eigenvalue weighted by molar-refractivity contribution is 9.10. The fraction of sp³-hybridized carbons (Fsp3) is 0.533. The van der Waals surface area contributed by atoms with Gasteiger partial charge >= 0.3 is 0 Å². The predicted octanol–water partition coefficient (Wildman–Crippen LogP) is 2.65. The van der Waals surface area contributed by atoms with E-state index in [1.165, 1.54) is 0 Å². The highest BCUT2D eigenvalue weighted by Crippen LogP contribution is 2.36. The van der Waals surface area contributed by atoms with Crippen molar-refractivity contribution in [1.82, 2.24) is 25.5 Å². The van der Waals surface area contributed by atoms with Crippen molar-refractivity contribution >= 4 is 27.7 Å². The van der Waals surface area contributed by atoms with Crippen LogP contribution in [0.3, 0.4) is 0 Å². The molecule has 24 heavy (non-hydrogen) atoms. The summed E-state index contributed by atoms with van der Waals surface area (Å²) < 4.78 is 13.9. The van der Waals surface area contributed by atoms with Crippen molar-refractivity contribution in [3.8, 4) is 11.5 Å². The molecule has 1 aromatic carbocycles. The van der Waals surface area contributed by atoms with Crippen LogP contribution in [0.2, 0.25) is 0 Å². The van der Waals surface area contributed by atoms with Crippen LogP contribution in [0.25, 0.3) is 0 Å². The fourth-order valence-corrected chi connectivity index (χ4v) is 3.41. The molecular formula is C15H22BrN5O2S. The molecule has 1 heterocycles. The van der Waals surface area contributed by atoms with Crippen LogP contribution in [0.5, 0.6) is 11.5 Å². The summed E-state index contributed by atoms with van der Waals surface area (Å²) in [4.78, 5) is 0. The van der Waals surface area contributed by atoms with Gasteiger partial charge < -0.3 is 14.8 Å². The van der Waals surface area contributed by atoms with Crippen LogP contribution in [0.1, 0.15) is 19.4 Å². The van der Waals surface area contributed by atoms with Gasteiger partial charge in [-0.05, 0) is 57.9 Å². The van der Waals surface area contributed by atoms with Crippen molar-refractivity contribution in [2.24, 2.45) is 7.05 Å². The topological polar surface area (TPSA) is 74.1 Å². The summed E-state index contributed by atoms with van der Waals surface area (Å²) in [6.45, 7) is 6.74. The SMILES string of the molecule is CCOc1cc(CNCCSc2nnnn2C)cc(Br)c1OCC. The van der Waals surface area contributed by atoms with Gasteiger partial charge in [0.05, 0.1) is 17.7 Å². The average Bonchev–Trinajstić information content (AvgIpc) is 2.96. The third-order valence-corrected chi connectivity index (χ3v) is 4.68. The molecule has 9 heteroatoms. The lowest BCUT2D eigenvalue weighted by molar-refractivity contribution is 0.286. The van der Waals surface area contributed by atoms with E-state index in [2.05, 4.69) is 42.8 Å².